The van der Waals surface area contributed by atoms with Gasteiger partial charge < -0.3 is 5.11 Å². The molecule has 2 rings (SSSR count). The summed E-state index contributed by atoms with van der Waals surface area (Å²) in [6.45, 7) is 0. The van der Waals surface area contributed by atoms with E-state index < -0.39 is 29.8 Å². The molecule has 0 amide bonds. The zero-order chi connectivity index (χ0) is 14.8. The maximum Gasteiger partial charge on any atom is 0.418 e. The summed E-state index contributed by atoms with van der Waals surface area (Å²) in [7, 11) is 0. The van der Waals surface area contributed by atoms with Crippen molar-refractivity contribution in [3.05, 3.63) is 48.0 Å². The van der Waals surface area contributed by atoms with Crippen LogP contribution in [0.1, 0.15) is 11.3 Å². The Morgan fingerprint density at radius 1 is 1.20 bits per heavy atom. The highest BCUT2D eigenvalue weighted by Gasteiger charge is 2.35. The Morgan fingerprint density at radius 2 is 1.85 bits per heavy atom. The van der Waals surface area contributed by atoms with E-state index in [0.717, 1.165) is 6.07 Å². The number of aromatic nitrogens is 2. The number of carboxylic acids is 1. The minimum absolute atomic E-state index is 0.258. The fourth-order valence-electron chi connectivity index (χ4n) is 1.72. The lowest BCUT2D eigenvalue weighted by Crippen LogP contribution is -2.14. The number of carbonyl (C=O) groups is 1. The fraction of sp³-hybridized carbons (Fsp3) is 0.154. The van der Waals surface area contributed by atoms with Crippen LogP contribution in [0.5, 0.6) is 0 Å². The first-order valence-corrected chi connectivity index (χ1v) is 5.56. The molecule has 0 spiro atoms. The molecule has 104 valence electrons. The second-order valence-corrected chi connectivity index (χ2v) is 4.02. The molecule has 0 bridgehead atoms. The van der Waals surface area contributed by atoms with Gasteiger partial charge in [0.25, 0.3) is 0 Å². The maximum atomic E-state index is 12.9. The molecule has 0 atom stereocenters. The molecule has 20 heavy (non-hydrogen) atoms. The Hall–Kier alpha value is -2.44. The van der Waals surface area contributed by atoms with Gasteiger partial charge in [-0.2, -0.15) is 13.2 Å². The minimum atomic E-state index is -4.65. The lowest BCUT2D eigenvalue weighted by atomic mass is 10.0. The van der Waals surface area contributed by atoms with E-state index in [0.29, 0.717) is 5.56 Å². The molecule has 0 unspecified atom stereocenters. The first-order chi connectivity index (χ1) is 9.38. The van der Waals surface area contributed by atoms with Crippen LogP contribution in [-0.2, 0) is 17.4 Å². The van der Waals surface area contributed by atoms with Gasteiger partial charge in [0.15, 0.2) is 0 Å². The van der Waals surface area contributed by atoms with Crippen LogP contribution in [0.3, 0.4) is 0 Å². The number of carboxylic acid groups (broad SMARTS) is 1. The second-order valence-electron chi connectivity index (χ2n) is 4.02. The van der Waals surface area contributed by atoms with Crippen molar-refractivity contribution in [1.82, 2.24) is 9.97 Å². The standard InChI is InChI=1S/C13H9F3N2O2/c14-13(15,16)10-5-9(8-1-3-17-4-2-8)7-18-11(10)6-12(19)20/h1-5,7H,6H2,(H,19,20). The molecule has 1 N–H and O–H groups in total. The Balaban J connectivity index is 2.52. The van der Waals surface area contributed by atoms with Crippen LogP contribution in [0.4, 0.5) is 13.2 Å². The summed E-state index contributed by atoms with van der Waals surface area (Å²) in [5.74, 6) is -1.36. The van der Waals surface area contributed by atoms with Crippen molar-refractivity contribution in [3.8, 4) is 11.1 Å². The molecule has 0 aliphatic carbocycles. The smallest absolute Gasteiger partial charge is 0.418 e. The molecule has 7 heteroatoms. The maximum absolute atomic E-state index is 12.9. The highest BCUT2D eigenvalue weighted by atomic mass is 19.4. The number of pyridine rings is 2. The van der Waals surface area contributed by atoms with E-state index in [1.165, 1.54) is 18.6 Å². The van der Waals surface area contributed by atoms with E-state index in [1.807, 2.05) is 0 Å². The predicted octanol–water partition coefficient (Wildman–Crippen LogP) is 2.79. The molecule has 0 saturated heterocycles. The normalized spacial score (nSPS) is 11.3. The first kappa shape index (κ1) is 14.0. The third-order valence-corrected chi connectivity index (χ3v) is 2.61. The molecular weight excluding hydrogens is 273 g/mol. The van der Waals surface area contributed by atoms with Gasteiger partial charge in [-0.3, -0.25) is 14.8 Å². The minimum Gasteiger partial charge on any atom is -0.481 e. The Labute approximate surface area is 111 Å². The van der Waals surface area contributed by atoms with Gasteiger partial charge in [0.2, 0.25) is 0 Å². The number of rotatable bonds is 3. The molecule has 0 fully saturated rings. The SMILES string of the molecule is O=C(O)Cc1ncc(-c2ccncc2)cc1C(F)(F)F. The topological polar surface area (TPSA) is 63.1 Å². The molecular formula is C13H9F3N2O2. The van der Waals surface area contributed by atoms with Crippen molar-refractivity contribution in [2.45, 2.75) is 12.6 Å². The average molecular weight is 282 g/mol. The Bertz CT molecular complexity index is 627. The van der Waals surface area contributed by atoms with Crippen molar-refractivity contribution in [2.24, 2.45) is 0 Å². The number of hydrogen-bond donors (Lipinski definition) is 1. The highest BCUT2D eigenvalue weighted by Crippen LogP contribution is 2.34. The first-order valence-electron chi connectivity index (χ1n) is 5.56. The van der Waals surface area contributed by atoms with E-state index >= 15 is 0 Å². The summed E-state index contributed by atoms with van der Waals surface area (Å²) < 4.78 is 38.8. The molecule has 0 aliphatic rings. The zero-order valence-electron chi connectivity index (χ0n) is 10.1. The van der Waals surface area contributed by atoms with Gasteiger partial charge in [0, 0.05) is 24.2 Å². The number of halogens is 3. The van der Waals surface area contributed by atoms with Crippen molar-refractivity contribution < 1.29 is 23.1 Å². The van der Waals surface area contributed by atoms with Crippen molar-refractivity contribution in [3.63, 3.8) is 0 Å². The van der Waals surface area contributed by atoms with Crippen LogP contribution in [0.25, 0.3) is 11.1 Å². The van der Waals surface area contributed by atoms with Gasteiger partial charge in [0.1, 0.15) is 0 Å². The number of aliphatic carboxylic acids is 1. The molecule has 2 heterocycles. The predicted molar refractivity (Wildman–Crippen MR) is 63.8 cm³/mol. The van der Waals surface area contributed by atoms with E-state index in [2.05, 4.69) is 9.97 Å². The average Bonchev–Trinajstić information content (AvgIpc) is 2.38. The van der Waals surface area contributed by atoms with E-state index in [-0.39, 0.29) is 5.56 Å². The molecule has 4 nitrogen and oxygen atoms in total. The van der Waals surface area contributed by atoms with Crippen molar-refractivity contribution >= 4 is 5.97 Å². The van der Waals surface area contributed by atoms with Gasteiger partial charge in [-0.15, -0.1) is 0 Å². The fourth-order valence-corrected chi connectivity index (χ4v) is 1.72. The van der Waals surface area contributed by atoms with Gasteiger partial charge in [-0.1, -0.05) is 0 Å². The third-order valence-electron chi connectivity index (χ3n) is 2.61. The summed E-state index contributed by atoms with van der Waals surface area (Å²) in [5, 5.41) is 8.63. The van der Waals surface area contributed by atoms with E-state index in [4.69, 9.17) is 5.11 Å². The van der Waals surface area contributed by atoms with Gasteiger partial charge in [0.05, 0.1) is 17.7 Å². The largest absolute Gasteiger partial charge is 0.481 e. The van der Waals surface area contributed by atoms with Crippen LogP contribution in [0.15, 0.2) is 36.8 Å². The molecule has 0 radical (unpaired) electrons. The zero-order valence-corrected chi connectivity index (χ0v) is 10.1. The molecule has 0 aromatic carbocycles. The summed E-state index contributed by atoms with van der Waals surface area (Å²) in [6, 6.07) is 4.00. The number of nitrogens with zero attached hydrogens (tertiary/aromatic N) is 2. The Kier molecular flexibility index (Phi) is 3.69. The summed E-state index contributed by atoms with van der Waals surface area (Å²) in [6.07, 6.45) is -1.29. The highest BCUT2D eigenvalue weighted by molar-refractivity contribution is 5.71. The van der Waals surface area contributed by atoms with Crippen LogP contribution in [0, 0.1) is 0 Å². The second kappa shape index (κ2) is 5.28. The third kappa shape index (κ3) is 3.11. The summed E-state index contributed by atoms with van der Waals surface area (Å²) in [5.41, 5.74) is -0.745. The molecule has 0 saturated carbocycles. The van der Waals surface area contributed by atoms with Crippen molar-refractivity contribution in [2.75, 3.05) is 0 Å². The van der Waals surface area contributed by atoms with Gasteiger partial charge in [-0.05, 0) is 23.8 Å². The van der Waals surface area contributed by atoms with Crippen LogP contribution < -0.4 is 0 Å². The summed E-state index contributed by atoms with van der Waals surface area (Å²) >= 11 is 0. The van der Waals surface area contributed by atoms with E-state index in [1.54, 1.807) is 12.1 Å². The lowest BCUT2D eigenvalue weighted by Gasteiger charge is -2.12. The quantitative estimate of drug-likeness (QED) is 0.940. The Morgan fingerprint density at radius 3 is 2.40 bits per heavy atom. The van der Waals surface area contributed by atoms with Crippen LogP contribution in [-0.4, -0.2) is 21.0 Å². The van der Waals surface area contributed by atoms with Crippen molar-refractivity contribution in [1.29, 1.82) is 0 Å². The van der Waals surface area contributed by atoms with Crippen LogP contribution >= 0.6 is 0 Å². The van der Waals surface area contributed by atoms with Gasteiger partial charge in [-0.25, -0.2) is 0 Å². The lowest BCUT2D eigenvalue weighted by molar-refractivity contribution is -0.140. The molecule has 2 aromatic rings. The van der Waals surface area contributed by atoms with Gasteiger partial charge >= 0.3 is 12.1 Å². The molecule has 2 aromatic heterocycles. The number of alkyl halides is 3. The molecule has 0 aliphatic heterocycles. The number of hydrogen-bond acceptors (Lipinski definition) is 3. The summed E-state index contributed by atoms with van der Waals surface area (Å²) in [4.78, 5) is 18.0. The van der Waals surface area contributed by atoms with E-state index in [9.17, 15) is 18.0 Å². The van der Waals surface area contributed by atoms with Crippen LogP contribution in [0.2, 0.25) is 0 Å². The monoisotopic (exact) mass is 282 g/mol.